The Morgan fingerprint density at radius 1 is 0.585 bits per heavy atom. The summed E-state index contributed by atoms with van der Waals surface area (Å²) in [6.45, 7) is 0. The molecule has 0 aliphatic heterocycles. The molecular weight excluding hydrogens is 539 g/mol. The topological polar surface area (TPSA) is 20.2 Å². The van der Waals surface area contributed by atoms with Gasteiger partial charge in [0.05, 0.1) is 6.04 Å². The molecule has 1 aliphatic rings. The van der Waals surface area contributed by atoms with E-state index in [1.54, 1.807) is 0 Å². The predicted molar refractivity (Wildman–Crippen MR) is 184 cm³/mol. The van der Waals surface area contributed by atoms with Gasteiger partial charge in [-0.05, 0) is 79.2 Å². The molecule has 202 valence electrons. The van der Waals surface area contributed by atoms with Gasteiger partial charge in [-0.25, -0.2) is 0 Å². The largest absolute Gasteiger partial charge is 0.356 e. The van der Waals surface area contributed by atoms with E-state index in [9.17, 15) is 0 Å². The molecule has 0 fully saturated rings. The van der Waals surface area contributed by atoms with Gasteiger partial charge in [-0.2, -0.15) is 0 Å². The Balaban J connectivity index is 0.00000148. The van der Waals surface area contributed by atoms with E-state index >= 15 is 0 Å². The van der Waals surface area contributed by atoms with Crippen LogP contribution in [0, 0.1) is 0 Å². The number of hydrogen-bond donors (Lipinski definition) is 3. The highest BCUT2D eigenvalue weighted by Gasteiger charge is 2.17. The Kier molecular flexibility index (Phi) is 8.17. The van der Waals surface area contributed by atoms with Crippen molar-refractivity contribution in [1.82, 2.24) is 4.57 Å². The van der Waals surface area contributed by atoms with Gasteiger partial charge >= 0.3 is 0 Å². The highest BCUT2D eigenvalue weighted by Crippen LogP contribution is 2.37. The van der Waals surface area contributed by atoms with Gasteiger partial charge in [-0.1, -0.05) is 78.9 Å². The van der Waals surface area contributed by atoms with Gasteiger partial charge in [-0.3, -0.25) is 0 Å². The fourth-order valence-electron chi connectivity index (χ4n) is 5.66. The van der Waals surface area contributed by atoms with E-state index in [1.807, 2.05) is 0 Å². The number of para-hydroxylation sites is 3. The molecule has 6 aromatic rings. The van der Waals surface area contributed by atoms with Crippen LogP contribution >= 0.6 is 23.3 Å². The van der Waals surface area contributed by atoms with Crippen molar-refractivity contribution in [2.75, 3.05) is 10.2 Å². The highest BCUT2D eigenvalue weighted by atomic mass is 33.1. The van der Waals surface area contributed by atoms with Crippen molar-refractivity contribution in [1.29, 1.82) is 0 Å². The minimum Gasteiger partial charge on any atom is -0.356 e. The molecule has 1 heterocycles. The van der Waals surface area contributed by atoms with Crippen LogP contribution in [-0.4, -0.2) is 4.57 Å². The summed E-state index contributed by atoms with van der Waals surface area (Å²) in [5, 5.41) is 6.20. The van der Waals surface area contributed by atoms with Crippen LogP contribution in [0.3, 0.4) is 0 Å². The van der Waals surface area contributed by atoms with Crippen molar-refractivity contribution in [3.8, 4) is 0 Å². The number of rotatable bonds is 6. The summed E-state index contributed by atoms with van der Waals surface area (Å²) in [5.74, 6) is 0. The Bertz CT molecular complexity index is 1770. The van der Waals surface area contributed by atoms with Crippen molar-refractivity contribution in [3.05, 3.63) is 152 Å². The zero-order valence-corrected chi connectivity index (χ0v) is 24.3. The molecular formula is C36H31N3S2. The van der Waals surface area contributed by atoms with Crippen molar-refractivity contribution < 1.29 is 0 Å². The molecule has 1 unspecified atom stereocenters. The van der Waals surface area contributed by atoms with Gasteiger partial charge in [0.1, 0.15) is 0 Å². The molecule has 1 aliphatic carbocycles. The Hall–Kier alpha value is -4.32. The second-order valence-corrected chi connectivity index (χ2v) is 9.91. The molecule has 0 radical (unpaired) electrons. The van der Waals surface area contributed by atoms with Gasteiger partial charge in [0.2, 0.25) is 0 Å². The summed E-state index contributed by atoms with van der Waals surface area (Å²) in [5.41, 5.74) is 8.07. The molecule has 0 spiro atoms. The van der Waals surface area contributed by atoms with Crippen LogP contribution in [0.2, 0.25) is 0 Å². The summed E-state index contributed by atoms with van der Waals surface area (Å²) in [7, 11) is 0. The minimum absolute atomic E-state index is 0.334. The lowest BCUT2D eigenvalue weighted by Crippen LogP contribution is -2.09. The second-order valence-electron chi connectivity index (χ2n) is 9.91. The van der Waals surface area contributed by atoms with Crippen LogP contribution in [0.25, 0.3) is 21.8 Å². The monoisotopic (exact) mass is 569 g/mol. The molecule has 7 rings (SSSR count). The number of allylic oxidation sites excluding steroid dienone is 4. The number of nitrogens with zero attached hydrogens (tertiary/aromatic N) is 2. The van der Waals surface area contributed by atoms with Crippen LogP contribution in [-0.2, 0) is 0 Å². The lowest BCUT2D eigenvalue weighted by molar-refractivity contribution is 0.648. The first-order valence-corrected chi connectivity index (χ1v) is 15.3. The van der Waals surface area contributed by atoms with Gasteiger partial charge in [0.15, 0.2) is 0 Å². The van der Waals surface area contributed by atoms with Gasteiger partial charge in [0.25, 0.3) is 0 Å². The summed E-state index contributed by atoms with van der Waals surface area (Å²) >= 11 is 6.44. The summed E-state index contributed by atoms with van der Waals surface area (Å²) < 4.78 is 2.48. The molecule has 1 atom stereocenters. The molecule has 5 aromatic carbocycles. The number of anilines is 5. The zero-order valence-electron chi connectivity index (χ0n) is 22.5. The number of nitrogens with one attached hydrogen (secondary N) is 1. The van der Waals surface area contributed by atoms with Crippen molar-refractivity contribution in [3.63, 3.8) is 0 Å². The van der Waals surface area contributed by atoms with Crippen molar-refractivity contribution in [2.24, 2.45) is 0 Å². The van der Waals surface area contributed by atoms with Gasteiger partial charge < -0.3 is 14.8 Å². The maximum atomic E-state index is 3.64. The third kappa shape index (κ3) is 5.51. The summed E-state index contributed by atoms with van der Waals surface area (Å²) in [6, 6.07) is 45.4. The zero-order chi connectivity index (χ0) is 28.0. The Morgan fingerprint density at radius 2 is 1.17 bits per heavy atom. The molecule has 3 nitrogen and oxygen atoms in total. The lowest BCUT2D eigenvalue weighted by atomic mass is 10.1. The third-order valence-electron chi connectivity index (χ3n) is 7.44. The van der Waals surface area contributed by atoms with E-state index in [4.69, 9.17) is 0 Å². The average molecular weight is 570 g/mol. The number of hydrogen-bond acceptors (Lipinski definition) is 4. The van der Waals surface area contributed by atoms with Crippen LogP contribution in [0.4, 0.5) is 28.4 Å². The third-order valence-corrected chi connectivity index (χ3v) is 7.44. The fourth-order valence-corrected chi connectivity index (χ4v) is 5.66. The Morgan fingerprint density at radius 3 is 1.83 bits per heavy atom. The van der Waals surface area contributed by atoms with Crippen molar-refractivity contribution >= 4 is 73.6 Å². The fraction of sp³-hybridized carbons (Fsp3) is 0.0556. The maximum Gasteiger partial charge on any atom is 0.0560 e. The van der Waals surface area contributed by atoms with Crippen LogP contribution in [0.5, 0.6) is 0 Å². The quantitative estimate of drug-likeness (QED) is 0.137. The molecule has 0 saturated carbocycles. The smallest absolute Gasteiger partial charge is 0.0560 e. The summed E-state index contributed by atoms with van der Waals surface area (Å²) in [6.07, 6.45) is 9.86. The predicted octanol–water partition coefficient (Wildman–Crippen LogP) is 10.8. The molecule has 1 N–H and O–H groups in total. The summed E-state index contributed by atoms with van der Waals surface area (Å²) in [4.78, 5) is 2.28. The number of aromatic nitrogens is 1. The van der Waals surface area contributed by atoms with Crippen LogP contribution < -0.4 is 10.2 Å². The number of benzene rings is 5. The first-order valence-electron chi connectivity index (χ1n) is 13.7. The van der Waals surface area contributed by atoms with Crippen LogP contribution in [0.1, 0.15) is 12.5 Å². The van der Waals surface area contributed by atoms with E-state index in [1.165, 1.54) is 21.8 Å². The normalized spacial score (nSPS) is 14.0. The van der Waals surface area contributed by atoms with E-state index in [-0.39, 0.29) is 0 Å². The standard InChI is InChI=1S/C36H29N3.H2S2/c1-4-12-29(13-5-1)38(30-14-6-2-7-15-30)32-23-20-27(21-24-32)37-28-22-25-36-34(26-28)33-18-10-11-19-35(33)39(36)31-16-8-3-9-17-31;1-2/h1-16,18-26,31,37H,17H2;1-2H. The highest BCUT2D eigenvalue weighted by molar-refractivity contribution is 8.59. The molecule has 41 heavy (non-hydrogen) atoms. The van der Waals surface area contributed by atoms with E-state index in [0.717, 1.165) is 34.9 Å². The average Bonchev–Trinajstić information content (AvgIpc) is 3.38. The lowest BCUT2D eigenvalue weighted by Gasteiger charge is -2.25. The first kappa shape index (κ1) is 26.9. The van der Waals surface area contributed by atoms with E-state index < -0.39 is 0 Å². The molecule has 1 aromatic heterocycles. The molecule has 0 amide bonds. The maximum absolute atomic E-state index is 3.64. The van der Waals surface area contributed by atoms with Crippen LogP contribution in [0.15, 0.2) is 152 Å². The molecule has 0 saturated heterocycles. The minimum atomic E-state index is 0.334. The molecule has 0 bridgehead atoms. The van der Waals surface area contributed by atoms with Gasteiger partial charge in [0, 0.05) is 50.2 Å². The van der Waals surface area contributed by atoms with Gasteiger partial charge in [-0.15, -0.1) is 23.3 Å². The molecule has 5 heteroatoms. The van der Waals surface area contributed by atoms with E-state index in [2.05, 4.69) is 190 Å². The number of fused-ring (bicyclic) bond motifs is 3. The first-order chi connectivity index (χ1) is 20.3. The van der Waals surface area contributed by atoms with E-state index in [0.29, 0.717) is 6.04 Å². The number of thiol groups is 2. The SMILES string of the molecule is C1=CCC(n2c3ccccc3c3cc(Nc4ccc(N(c5ccccc5)c5ccccc5)cc4)ccc32)C=C1.SS. The van der Waals surface area contributed by atoms with Crippen molar-refractivity contribution in [2.45, 2.75) is 12.5 Å². The second kappa shape index (κ2) is 12.5. The Labute approximate surface area is 251 Å².